The fraction of sp³-hybridized carbons (Fsp3) is 0.368. The monoisotopic (exact) mass is 464 g/mol. The maximum atomic E-state index is 6.89. The number of hydrogen-bond acceptors (Lipinski definition) is 6. The number of hydrogen-bond donors (Lipinski definition) is 3. The molecule has 1 atom stereocenters. The molecule has 158 valence electrons. The van der Waals surface area contributed by atoms with Gasteiger partial charge in [-0.1, -0.05) is 35.4 Å². The Morgan fingerprint density at radius 2 is 2.20 bits per heavy atom. The van der Waals surface area contributed by atoms with E-state index in [4.69, 9.17) is 46.1 Å². The Hall–Kier alpha value is -2.20. The number of rotatable bonds is 4. The number of fused-ring (bicyclic) bond motifs is 1. The summed E-state index contributed by atoms with van der Waals surface area (Å²) < 4.78 is 3.62. The molecule has 4 rings (SSSR count). The van der Waals surface area contributed by atoms with Crippen molar-refractivity contribution in [1.82, 2.24) is 29.5 Å². The Kier molecular flexibility index (Phi) is 5.97. The molecule has 1 saturated heterocycles. The third-order valence-electron chi connectivity index (χ3n) is 5.08. The van der Waals surface area contributed by atoms with Crippen LogP contribution in [-0.2, 0) is 7.05 Å². The molecule has 0 amide bonds. The summed E-state index contributed by atoms with van der Waals surface area (Å²) in [6, 6.07) is 0. The first-order chi connectivity index (χ1) is 14.4. The van der Waals surface area contributed by atoms with Crippen molar-refractivity contribution in [2.45, 2.75) is 25.7 Å². The molecule has 0 bridgehead atoms. The molecular weight excluding hydrogens is 443 g/mol. The number of nitrogens with one attached hydrogen (secondary N) is 2. The SMILES string of the molecule is CC(N)=C(Cl)C(=S)Nc1nc(C2CCCNC2)c(Cl)n2c(-c3cnn(C)c3)cnc12. The van der Waals surface area contributed by atoms with Crippen LogP contribution in [0.5, 0.6) is 0 Å². The molecular formula is C19H22Cl2N8S. The van der Waals surface area contributed by atoms with Gasteiger partial charge in [-0.15, -0.1) is 0 Å². The second kappa shape index (κ2) is 8.50. The second-order valence-corrected chi connectivity index (χ2v) is 8.48. The van der Waals surface area contributed by atoms with Gasteiger partial charge in [0.1, 0.15) is 10.1 Å². The summed E-state index contributed by atoms with van der Waals surface area (Å²) in [6.07, 6.45) is 7.49. The zero-order valence-corrected chi connectivity index (χ0v) is 18.9. The number of allylic oxidation sites excluding steroid dienone is 1. The highest BCUT2D eigenvalue weighted by molar-refractivity contribution is 7.81. The number of aryl methyl sites for hydroxylation is 1. The van der Waals surface area contributed by atoms with Crippen molar-refractivity contribution in [1.29, 1.82) is 0 Å². The Morgan fingerprint density at radius 1 is 1.40 bits per heavy atom. The number of anilines is 1. The van der Waals surface area contributed by atoms with Crippen LogP contribution >= 0.6 is 35.4 Å². The lowest BCUT2D eigenvalue weighted by Crippen LogP contribution is -2.29. The maximum Gasteiger partial charge on any atom is 0.182 e. The lowest BCUT2D eigenvalue weighted by atomic mass is 9.96. The lowest BCUT2D eigenvalue weighted by molar-refractivity contribution is 0.454. The molecule has 0 saturated carbocycles. The average Bonchev–Trinajstić information content (AvgIpc) is 3.36. The summed E-state index contributed by atoms with van der Waals surface area (Å²) in [5.41, 5.74) is 9.28. The average molecular weight is 465 g/mol. The molecule has 0 spiro atoms. The number of nitrogens with two attached hydrogens (primary N) is 1. The molecule has 3 aromatic rings. The molecule has 11 heteroatoms. The Balaban J connectivity index is 1.89. The van der Waals surface area contributed by atoms with E-state index in [9.17, 15) is 0 Å². The van der Waals surface area contributed by atoms with Crippen LogP contribution in [0.15, 0.2) is 29.3 Å². The van der Waals surface area contributed by atoms with Crippen LogP contribution in [0.1, 0.15) is 31.4 Å². The van der Waals surface area contributed by atoms with Crippen LogP contribution in [-0.4, -0.2) is 42.2 Å². The van der Waals surface area contributed by atoms with Gasteiger partial charge in [0.05, 0.1) is 28.8 Å². The van der Waals surface area contributed by atoms with Crippen LogP contribution in [0.25, 0.3) is 16.9 Å². The van der Waals surface area contributed by atoms with Crippen LogP contribution in [0.2, 0.25) is 5.15 Å². The number of halogens is 2. The standard InChI is InChI=1S/C19H22Cl2N8S/c1-10(22)14(20)19(30)27-17-18-24-8-13(12-7-25-28(2)9-12)29(18)16(21)15(26-17)11-4-3-5-23-6-11/h7-9,11,23H,3-6,22H2,1-2H3,(H,26,27,30). The van der Waals surface area contributed by atoms with Gasteiger partial charge < -0.3 is 16.4 Å². The van der Waals surface area contributed by atoms with Gasteiger partial charge in [-0.05, 0) is 26.3 Å². The van der Waals surface area contributed by atoms with Crippen LogP contribution in [0.3, 0.4) is 0 Å². The molecule has 8 nitrogen and oxygen atoms in total. The van der Waals surface area contributed by atoms with Crippen molar-refractivity contribution >= 4 is 51.9 Å². The van der Waals surface area contributed by atoms with Crippen molar-refractivity contribution < 1.29 is 0 Å². The highest BCUT2D eigenvalue weighted by Gasteiger charge is 2.25. The molecule has 1 aliphatic rings. The van der Waals surface area contributed by atoms with E-state index in [0.29, 0.717) is 22.3 Å². The number of imidazole rings is 1. The van der Waals surface area contributed by atoms with E-state index in [1.54, 1.807) is 24.0 Å². The van der Waals surface area contributed by atoms with E-state index < -0.39 is 0 Å². The molecule has 1 unspecified atom stereocenters. The van der Waals surface area contributed by atoms with Crippen molar-refractivity contribution in [2.24, 2.45) is 12.8 Å². The summed E-state index contributed by atoms with van der Waals surface area (Å²) in [6.45, 7) is 3.49. The van der Waals surface area contributed by atoms with E-state index in [-0.39, 0.29) is 15.9 Å². The number of nitrogens with zero attached hydrogens (tertiary/aromatic N) is 5. The van der Waals surface area contributed by atoms with Gasteiger partial charge >= 0.3 is 0 Å². The van der Waals surface area contributed by atoms with Crippen LogP contribution < -0.4 is 16.4 Å². The van der Waals surface area contributed by atoms with E-state index in [1.165, 1.54) is 0 Å². The Morgan fingerprint density at radius 3 is 2.83 bits per heavy atom. The number of aromatic nitrogens is 5. The molecule has 0 aliphatic carbocycles. The predicted molar refractivity (Wildman–Crippen MR) is 124 cm³/mol. The fourth-order valence-electron chi connectivity index (χ4n) is 3.58. The molecule has 30 heavy (non-hydrogen) atoms. The molecule has 0 aromatic carbocycles. The van der Waals surface area contributed by atoms with Gasteiger partial charge in [0.2, 0.25) is 0 Å². The summed E-state index contributed by atoms with van der Waals surface area (Å²) in [7, 11) is 1.87. The summed E-state index contributed by atoms with van der Waals surface area (Å²) >= 11 is 18.5. The molecule has 4 heterocycles. The quantitative estimate of drug-likeness (QED) is 0.401. The summed E-state index contributed by atoms with van der Waals surface area (Å²) in [5.74, 6) is 0.663. The van der Waals surface area contributed by atoms with Crippen molar-refractivity contribution in [3.63, 3.8) is 0 Å². The summed E-state index contributed by atoms with van der Waals surface area (Å²) in [5, 5.41) is 11.6. The lowest BCUT2D eigenvalue weighted by Gasteiger charge is -2.24. The molecule has 3 aromatic heterocycles. The zero-order valence-electron chi connectivity index (χ0n) is 16.6. The van der Waals surface area contributed by atoms with Gasteiger partial charge in [-0.2, -0.15) is 5.10 Å². The Bertz CT molecular complexity index is 1140. The third kappa shape index (κ3) is 3.90. The topological polar surface area (TPSA) is 98.1 Å². The molecule has 0 radical (unpaired) electrons. The largest absolute Gasteiger partial charge is 0.401 e. The molecule has 1 fully saturated rings. The predicted octanol–water partition coefficient (Wildman–Crippen LogP) is 3.42. The van der Waals surface area contributed by atoms with Crippen molar-refractivity contribution in [3.05, 3.63) is 40.2 Å². The second-order valence-electron chi connectivity index (χ2n) is 7.34. The van der Waals surface area contributed by atoms with Gasteiger partial charge in [0.15, 0.2) is 11.5 Å². The van der Waals surface area contributed by atoms with E-state index in [2.05, 4.69) is 20.7 Å². The first-order valence-corrected chi connectivity index (χ1v) is 10.7. The van der Waals surface area contributed by atoms with E-state index >= 15 is 0 Å². The van der Waals surface area contributed by atoms with E-state index in [0.717, 1.165) is 42.9 Å². The maximum absolute atomic E-state index is 6.89. The Labute approximate surface area is 189 Å². The first kappa shape index (κ1) is 21.0. The minimum Gasteiger partial charge on any atom is -0.401 e. The zero-order chi connectivity index (χ0) is 21.4. The highest BCUT2D eigenvalue weighted by atomic mass is 35.5. The molecule has 1 aliphatic heterocycles. The van der Waals surface area contributed by atoms with Crippen LogP contribution in [0.4, 0.5) is 5.82 Å². The van der Waals surface area contributed by atoms with Gasteiger partial charge in [-0.3, -0.25) is 9.08 Å². The minimum atomic E-state index is 0.177. The number of thiocarbonyl (C=S) groups is 1. The smallest absolute Gasteiger partial charge is 0.182 e. The van der Waals surface area contributed by atoms with Gasteiger partial charge in [0.25, 0.3) is 0 Å². The third-order valence-corrected chi connectivity index (χ3v) is 6.34. The van der Waals surface area contributed by atoms with Crippen LogP contribution in [0, 0.1) is 0 Å². The molecule has 4 N–H and O–H groups in total. The first-order valence-electron chi connectivity index (χ1n) is 9.56. The van der Waals surface area contributed by atoms with E-state index in [1.807, 2.05) is 17.6 Å². The van der Waals surface area contributed by atoms with Crippen molar-refractivity contribution in [3.8, 4) is 11.3 Å². The van der Waals surface area contributed by atoms with Gasteiger partial charge in [0, 0.05) is 37.0 Å². The van der Waals surface area contributed by atoms with Crippen molar-refractivity contribution in [2.75, 3.05) is 18.4 Å². The van der Waals surface area contributed by atoms with Gasteiger partial charge in [-0.25, -0.2) is 9.97 Å². The minimum absolute atomic E-state index is 0.177. The number of piperidine rings is 1. The fourth-order valence-corrected chi connectivity index (χ4v) is 4.25. The normalized spacial score (nSPS) is 17.8. The summed E-state index contributed by atoms with van der Waals surface area (Å²) in [4.78, 5) is 9.66. The highest BCUT2D eigenvalue weighted by Crippen LogP contribution is 2.34.